The third-order valence-electron chi connectivity index (χ3n) is 2.98. The Balaban J connectivity index is 2.44. The fourth-order valence-corrected chi connectivity index (χ4v) is 3.24. The van der Waals surface area contributed by atoms with E-state index in [1.807, 2.05) is 23.6 Å². The standard InChI is InChI=1S/C14H16BrNO3S/c1-17-8-4-13(20-7-8)14(16)9-5-12(19-3)10(15)6-11(9)18-2/h4-7,14H,16H2,1-3H3. The van der Waals surface area contributed by atoms with E-state index in [4.69, 9.17) is 19.9 Å². The van der Waals surface area contributed by atoms with Crippen LogP contribution < -0.4 is 19.9 Å². The Morgan fingerprint density at radius 3 is 2.30 bits per heavy atom. The van der Waals surface area contributed by atoms with Gasteiger partial charge in [0.25, 0.3) is 0 Å². The van der Waals surface area contributed by atoms with Gasteiger partial charge >= 0.3 is 0 Å². The topological polar surface area (TPSA) is 53.7 Å². The van der Waals surface area contributed by atoms with Crippen LogP contribution in [0.1, 0.15) is 16.5 Å². The van der Waals surface area contributed by atoms with Crippen molar-refractivity contribution in [3.63, 3.8) is 0 Å². The van der Waals surface area contributed by atoms with Crippen LogP contribution in [0.25, 0.3) is 0 Å². The fraction of sp³-hybridized carbons (Fsp3) is 0.286. The lowest BCUT2D eigenvalue weighted by atomic mass is 10.0. The number of hydrogen-bond donors (Lipinski definition) is 1. The zero-order valence-corrected chi connectivity index (χ0v) is 13.9. The second-order valence-corrected chi connectivity index (χ2v) is 5.89. The maximum atomic E-state index is 6.34. The van der Waals surface area contributed by atoms with Crippen molar-refractivity contribution in [1.82, 2.24) is 0 Å². The lowest BCUT2D eigenvalue weighted by Gasteiger charge is -2.16. The summed E-state index contributed by atoms with van der Waals surface area (Å²) in [6.45, 7) is 0. The van der Waals surface area contributed by atoms with Gasteiger partial charge < -0.3 is 19.9 Å². The molecule has 0 spiro atoms. The van der Waals surface area contributed by atoms with Crippen LogP contribution in [0.15, 0.2) is 28.1 Å². The van der Waals surface area contributed by atoms with Crippen LogP contribution in [-0.4, -0.2) is 21.3 Å². The largest absolute Gasteiger partial charge is 0.496 e. The smallest absolute Gasteiger partial charge is 0.133 e. The molecule has 1 aromatic carbocycles. The third kappa shape index (κ3) is 2.92. The molecule has 0 aliphatic rings. The molecule has 1 aromatic heterocycles. The average Bonchev–Trinajstić information content (AvgIpc) is 2.95. The number of benzene rings is 1. The number of halogens is 1. The number of hydrogen-bond acceptors (Lipinski definition) is 5. The van der Waals surface area contributed by atoms with Crippen LogP contribution in [0.4, 0.5) is 0 Å². The van der Waals surface area contributed by atoms with E-state index in [-0.39, 0.29) is 6.04 Å². The summed E-state index contributed by atoms with van der Waals surface area (Å²) in [7, 11) is 4.89. The molecule has 6 heteroatoms. The highest BCUT2D eigenvalue weighted by atomic mass is 79.9. The summed E-state index contributed by atoms with van der Waals surface area (Å²) in [6.07, 6.45) is 0. The van der Waals surface area contributed by atoms with Crippen molar-refractivity contribution in [2.75, 3.05) is 21.3 Å². The molecule has 2 aromatic rings. The summed E-state index contributed by atoms with van der Waals surface area (Å²) < 4.78 is 16.8. The Labute approximate surface area is 130 Å². The van der Waals surface area contributed by atoms with Crippen molar-refractivity contribution >= 4 is 27.3 Å². The van der Waals surface area contributed by atoms with E-state index in [0.717, 1.165) is 32.2 Å². The van der Waals surface area contributed by atoms with Gasteiger partial charge in [0.05, 0.1) is 31.8 Å². The van der Waals surface area contributed by atoms with E-state index >= 15 is 0 Å². The molecule has 0 fully saturated rings. The van der Waals surface area contributed by atoms with Gasteiger partial charge in [0.1, 0.15) is 17.2 Å². The van der Waals surface area contributed by atoms with Gasteiger partial charge in [0.2, 0.25) is 0 Å². The first-order valence-corrected chi connectivity index (χ1v) is 7.57. The van der Waals surface area contributed by atoms with Crippen LogP contribution in [0.3, 0.4) is 0 Å². The van der Waals surface area contributed by atoms with Crippen molar-refractivity contribution in [3.05, 3.63) is 38.5 Å². The summed E-state index contributed by atoms with van der Waals surface area (Å²) in [6, 6.07) is 5.39. The highest BCUT2D eigenvalue weighted by molar-refractivity contribution is 9.10. The Morgan fingerprint density at radius 2 is 1.75 bits per heavy atom. The first-order valence-electron chi connectivity index (χ1n) is 5.90. The summed E-state index contributed by atoms with van der Waals surface area (Å²) in [5.74, 6) is 2.25. The second kappa shape index (κ2) is 6.47. The summed E-state index contributed by atoms with van der Waals surface area (Å²) in [5, 5.41) is 1.93. The molecular weight excluding hydrogens is 342 g/mol. The van der Waals surface area contributed by atoms with Gasteiger partial charge in [-0.05, 0) is 34.1 Å². The van der Waals surface area contributed by atoms with E-state index in [0.29, 0.717) is 0 Å². The van der Waals surface area contributed by atoms with Gasteiger partial charge in [0.15, 0.2) is 0 Å². The molecule has 2 rings (SSSR count). The van der Waals surface area contributed by atoms with E-state index < -0.39 is 0 Å². The maximum absolute atomic E-state index is 6.34. The quantitative estimate of drug-likeness (QED) is 0.888. The van der Waals surface area contributed by atoms with E-state index in [1.54, 1.807) is 32.7 Å². The third-order valence-corrected chi connectivity index (χ3v) is 4.59. The SMILES string of the molecule is COc1csc(C(N)c2cc(OC)c(Br)cc2OC)c1. The second-order valence-electron chi connectivity index (χ2n) is 4.10. The molecule has 20 heavy (non-hydrogen) atoms. The summed E-state index contributed by atoms with van der Waals surface area (Å²) >= 11 is 5.00. The normalized spacial score (nSPS) is 12.1. The zero-order chi connectivity index (χ0) is 14.7. The van der Waals surface area contributed by atoms with Crippen LogP contribution >= 0.6 is 27.3 Å². The van der Waals surface area contributed by atoms with Gasteiger partial charge in [-0.2, -0.15) is 0 Å². The Hall–Kier alpha value is -1.24. The molecule has 1 unspecified atom stereocenters. The van der Waals surface area contributed by atoms with E-state index in [9.17, 15) is 0 Å². The molecule has 1 heterocycles. The molecule has 4 nitrogen and oxygen atoms in total. The average molecular weight is 358 g/mol. The molecule has 108 valence electrons. The van der Waals surface area contributed by atoms with Crippen LogP contribution in [0.5, 0.6) is 17.2 Å². The minimum Gasteiger partial charge on any atom is -0.496 e. The van der Waals surface area contributed by atoms with Crippen molar-refractivity contribution in [2.24, 2.45) is 5.73 Å². The lowest BCUT2D eigenvalue weighted by molar-refractivity contribution is 0.395. The minimum absolute atomic E-state index is 0.291. The highest BCUT2D eigenvalue weighted by Crippen LogP contribution is 2.39. The Kier molecular flexibility index (Phi) is 4.91. The predicted molar refractivity (Wildman–Crippen MR) is 84.1 cm³/mol. The van der Waals surface area contributed by atoms with Crippen LogP contribution in [0.2, 0.25) is 0 Å². The number of ether oxygens (including phenoxy) is 3. The van der Waals surface area contributed by atoms with Gasteiger partial charge in [-0.25, -0.2) is 0 Å². The Bertz CT molecular complexity index is 600. The van der Waals surface area contributed by atoms with Gasteiger partial charge in [-0.15, -0.1) is 11.3 Å². The minimum atomic E-state index is -0.291. The van der Waals surface area contributed by atoms with Crippen molar-refractivity contribution in [2.45, 2.75) is 6.04 Å². The first kappa shape index (κ1) is 15.2. The highest BCUT2D eigenvalue weighted by Gasteiger charge is 2.19. The van der Waals surface area contributed by atoms with Gasteiger partial charge in [-0.3, -0.25) is 0 Å². The molecule has 1 atom stereocenters. The molecule has 0 aliphatic heterocycles. The molecule has 0 saturated carbocycles. The van der Waals surface area contributed by atoms with Crippen LogP contribution in [-0.2, 0) is 0 Å². The molecule has 0 aliphatic carbocycles. The molecule has 0 radical (unpaired) electrons. The summed E-state index contributed by atoms with van der Waals surface area (Å²) in [4.78, 5) is 1.00. The molecular formula is C14H16BrNO3S. The van der Waals surface area contributed by atoms with Gasteiger partial charge in [-0.1, -0.05) is 0 Å². The monoisotopic (exact) mass is 357 g/mol. The maximum Gasteiger partial charge on any atom is 0.133 e. The van der Waals surface area contributed by atoms with Gasteiger partial charge in [0, 0.05) is 15.8 Å². The molecule has 2 N–H and O–H groups in total. The number of rotatable bonds is 5. The number of nitrogens with two attached hydrogens (primary N) is 1. The molecule has 0 bridgehead atoms. The number of methoxy groups -OCH3 is 3. The van der Waals surface area contributed by atoms with E-state index in [2.05, 4.69) is 15.9 Å². The predicted octanol–water partition coefficient (Wildman–Crippen LogP) is 3.58. The van der Waals surface area contributed by atoms with Crippen LogP contribution in [0, 0.1) is 0 Å². The van der Waals surface area contributed by atoms with Crippen molar-refractivity contribution in [1.29, 1.82) is 0 Å². The summed E-state index contributed by atoms with van der Waals surface area (Å²) in [5.41, 5.74) is 7.21. The zero-order valence-electron chi connectivity index (χ0n) is 11.5. The Morgan fingerprint density at radius 1 is 1.05 bits per heavy atom. The number of thiophene rings is 1. The molecule has 0 amide bonds. The first-order chi connectivity index (χ1) is 9.60. The fourth-order valence-electron chi connectivity index (χ4n) is 1.88. The van der Waals surface area contributed by atoms with E-state index in [1.165, 1.54) is 0 Å². The van der Waals surface area contributed by atoms with Crippen molar-refractivity contribution in [3.8, 4) is 17.2 Å². The van der Waals surface area contributed by atoms with Crippen molar-refractivity contribution < 1.29 is 14.2 Å². The lowest BCUT2D eigenvalue weighted by Crippen LogP contribution is -2.12. The molecule has 0 saturated heterocycles.